The maximum absolute atomic E-state index is 11.6. The summed E-state index contributed by atoms with van der Waals surface area (Å²) in [5.41, 5.74) is 1.07. The third-order valence-electron chi connectivity index (χ3n) is 3.52. The Morgan fingerprint density at radius 3 is 2.68 bits per heavy atom. The number of carbonyl (C=O) groups is 1. The van der Waals surface area contributed by atoms with Crippen LogP contribution in [0.5, 0.6) is 0 Å². The predicted molar refractivity (Wildman–Crippen MR) is 75.0 cm³/mol. The summed E-state index contributed by atoms with van der Waals surface area (Å²) in [5.74, 6) is 0.179. The molecule has 0 aromatic carbocycles. The van der Waals surface area contributed by atoms with Crippen molar-refractivity contribution in [1.82, 2.24) is 19.6 Å². The molecular weight excluding hydrogens is 242 g/mol. The molecular formula is C13H23N5O. The zero-order chi connectivity index (χ0) is 13.8. The van der Waals surface area contributed by atoms with Gasteiger partial charge in [-0.05, 0) is 12.8 Å². The van der Waals surface area contributed by atoms with Gasteiger partial charge < -0.3 is 10.2 Å². The van der Waals surface area contributed by atoms with Crippen LogP contribution in [0.25, 0.3) is 0 Å². The van der Waals surface area contributed by atoms with Gasteiger partial charge in [-0.1, -0.05) is 0 Å². The Kier molecular flexibility index (Phi) is 4.42. The lowest BCUT2D eigenvalue weighted by molar-refractivity contribution is -0.130. The Balaban J connectivity index is 1.75. The van der Waals surface area contributed by atoms with E-state index < -0.39 is 0 Å². The van der Waals surface area contributed by atoms with E-state index in [0.717, 1.165) is 31.6 Å². The van der Waals surface area contributed by atoms with Gasteiger partial charge in [-0.25, -0.2) is 0 Å². The fourth-order valence-electron chi connectivity index (χ4n) is 2.30. The molecule has 0 aliphatic carbocycles. The van der Waals surface area contributed by atoms with Crippen molar-refractivity contribution in [2.75, 3.05) is 39.0 Å². The number of likely N-dealkylation sites (N-methyl/N-ethyl adjacent to an activating group) is 1. The summed E-state index contributed by atoms with van der Waals surface area (Å²) in [5, 5.41) is 7.64. The van der Waals surface area contributed by atoms with Gasteiger partial charge >= 0.3 is 0 Å². The fraction of sp³-hybridized carbons (Fsp3) is 0.692. The third-order valence-corrected chi connectivity index (χ3v) is 3.52. The number of hydrogen-bond acceptors (Lipinski definition) is 4. The van der Waals surface area contributed by atoms with E-state index in [2.05, 4.69) is 15.3 Å². The van der Waals surface area contributed by atoms with E-state index >= 15 is 0 Å². The van der Waals surface area contributed by atoms with E-state index in [0.29, 0.717) is 12.6 Å². The molecule has 2 heterocycles. The molecule has 1 aromatic rings. The van der Waals surface area contributed by atoms with Gasteiger partial charge in [0.2, 0.25) is 5.91 Å². The largest absolute Gasteiger partial charge is 0.380 e. The number of aromatic nitrogens is 2. The second kappa shape index (κ2) is 6.06. The number of hydrogen-bond donors (Lipinski definition) is 1. The standard InChI is InChI=1S/C13H23N5O/c1-16(2)13(19)10-18-6-4-11(5-7-18)15-12-8-14-17(3)9-12/h8-9,11,15H,4-7,10H2,1-3H3. The Morgan fingerprint density at radius 1 is 1.47 bits per heavy atom. The maximum atomic E-state index is 11.6. The van der Waals surface area contributed by atoms with Crippen LogP contribution < -0.4 is 5.32 Å². The molecule has 106 valence electrons. The Hall–Kier alpha value is -1.56. The lowest BCUT2D eigenvalue weighted by Crippen LogP contribution is -2.43. The van der Waals surface area contributed by atoms with E-state index in [4.69, 9.17) is 0 Å². The Bertz CT molecular complexity index is 420. The first-order chi connectivity index (χ1) is 9.04. The summed E-state index contributed by atoms with van der Waals surface area (Å²) in [7, 11) is 5.53. The first-order valence-corrected chi connectivity index (χ1v) is 6.72. The number of carbonyl (C=O) groups excluding carboxylic acids is 1. The van der Waals surface area contributed by atoms with E-state index in [-0.39, 0.29) is 5.91 Å². The summed E-state index contributed by atoms with van der Waals surface area (Å²) in [4.78, 5) is 15.5. The smallest absolute Gasteiger partial charge is 0.236 e. The Morgan fingerprint density at radius 2 is 2.16 bits per heavy atom. The molecule has 1 aliphatic heterocycles. The molecule has 1 amide bonds. The second-order valence-electron chi connectivity index (χ2n) is 5.39. The van der Waals surface area contributed by atoms with E-state index in [1.807, 2.05) is 19.4 Å². The molecule has 0 saturated carbocycles. The highest BCUT2D eigenvalue weighted by atomic mass is 16.2. The molecule has 6 nitrogen and oxygen atoms in total. The number of likely N-dealkylation sites (tertiary alicyclic amines) is 1. The van der Waals surface area contributed by atoms with Crippen molar-refractivity contribution in [2.45, 2.75) is 18.9 Å². The first kappa shape index (κ1) is 13.9. The fourth-order valence-corrected chi connectivity index (χ4v) is 2.30. The van der Waals surface area contributed by atoms with Crippen molar-refractivity contribution in [1.29, 1.82) is 0 Å². The lowest BCUT2D eigenvalue weighted by Gasteiger charge is -2.32. The van der Waals surface area contributed by atoms with Crippen LogP contribution in [0.1, 0.15) is 12.8 Å². The third kappa shape index (κ3) is 3.96. The highest BCUT2D eigenvalue weighted by Gasteiger charge is 2.21. The van der Waals surface area contributed by atoms with Gasteiger partial charge in [0.05, 0.1) is 18.4 Å². The summed E-state index contributed by atoms with van der Waals surface area (Å²) in [6, 6.07) is 0.481. The zero-order valence-electron chi connectivity index (χ0n) is 12.0. The minimum absolute atomic E-state index is 0.179. The van der Waals surface area contributed by atoms with Gasteiger partial charge in [-0.15, -0.1) is 0 Å². The van der Waals surface area contributed by atoms with Gasteiger partial charge in [0.25, 0.3) is 0 Å². The van der Waals surface area contributed by atoms with Crippen molar-refractivity contribution in [3.05, 3.63) is 12.4 Å². The average molecular weight is 265 g/mol. The molecule has 0 radical (unpaired) electrons. The molecule has 1 saturated heterocycles. The van der Waals surface area contributed by atoms with Crippen molar-refractivity contribution < 1.29 is 4.79 Å². The van der Waals surface area contributed by atoms with Crippen LogP contribution in [0.4, 0.5) is 5.69 Å². The Labute approximate surface area is 114 Å². The van der Waals surface area contributed by atoms with Crippen molar-refractivity contribution >= 4 is 11.6 Å². The van der Waals surface area contributed by atoms with Crippen LogP contribution >= 0.6 is 0 Å². The van der Waals surface area contributed by atoms with Crippen LogP contribution in [0, 0.1) is 0 Å². The molecule has 6 heteroatoms. The summed E-state index contributed by atoms with van der Waals surface area (Å²) in [6.45, 7) is 2.47. The summed E-state index contributed by atoms with van der Waals surface area (Å²) in [6.07, 6.45) is 5.97. The summed E-state index contributed by atoms with van der Waals surface area (Å²) >= 11 is 0. The predicted octanol–water partition coefficient (Wildman–Crippen LogP) is 0.385. The zero-order valence-corrected chi connectivity index (χ0v) is 12.0. The number of nitrogens with one attached hydrogen (secondary N) is 1. The van der Waals surface area contributed by atoms with Crippen molar-refractivity contribution in [3.63, 3.8) is 0 Å². The molecule has 0 bridgehead atoms. The molecule has 19 heavy (non-hydrogen) atoms. The minimum Gasteiger partial charge on any atom is -0.380 e. The number of amides is 1. The quantitative estimate of drug-likeness (QED) is 0.855. The van der Waals surface area contributed by atoms with Crippen LogP contribution in [-0.4, -0.2) is 65.3 Å². The first-order valence-electron chi connectivity index (χ1n) is 6.72. The summed E-state index contributed by atoms with van der Waals surface area (Å²) < 4.78 is 1.80. The highest BCUT2D eigenvalue weighted by Crippen LogP contribution is 2.15. The van der Waals surface area contributed by atoms with Gasteiger partial charge in [0.1, 0.15) is 0 Å². The molecule has 1 fully saturated rings. The SMILES string of the molecule is CN(C)C(=O)CN1CCC(Nc2cnn(C)c2)CC1. The molecule has 2 rings (SSSR count). The monoisotopic (exact) mass is 265 g/mol. The van der Waals surface area contributed by atoms with E-state index in [1.165, 1.54) is 0 Å². The van der Waals surface area contributed by atoms with Gasteiger partial charge in [0.15, 0.2) is 0 Å². The lowest BCUT2D eigenvalue weighted by atomic mass is 10.0. The molecule has 1 aliphatic rings. The van der Waals surface area contributed by atoms with Gasteiger partial charge in [-0.2, -0.15) is 5.10 Å². The van der Waals surface area contributed by atoms with Crippen LogP contribution in [0.3, 0.4) is 0 Å². The van der Waals surface area contributed by atoms with Crippen molar-refractivity contribution in [3.8, 4) is 0 Å². The molecule has 0 spiro atoms. The van der Waals surface area contributed by atoms with Gasteiger partial charge in [0, 0.05) is 46.5 Å². The highest BCUT2D eigenvalue weighted by molar-refractivity contribution is 5.77. The number of nitrogens with zero attached hydrogens (tertiary/aromatic N) is 4. The number of aryl methyl sites for hydroxylation is 1. The average Bonchev–Trinajstić information content (AvgIpc) is 2.77. The second-order valence-corrected chi connectivity index (χ2v) is 5.39. The van der Waals surface area contributed by atoms with E-state index in [9.17, 15) is 4.79 Å². The molecule has 0 unspecified atom stereocenters. The number of piperidine rings is 1. The van der Waals surface area contributed by atoms with Crippen LogP contribution in [0.2, 0.25) is 0 Å². The van der Waals surface area contributed by atoms with E-state index in [1.54, 1.807) is 23.7 Å². The molecule has 1 aromatic heterocycles. The molecule has 0 atom stereocenters. The van der Waals surface area contributed by atoms with Crippen molar-refractivity contribution in [2.24, 2.45) is 7.05 Å². The van der Waals surface area contributed by atoms with Crippen LogP contribution in [0.15, 0.2) is 12.4 Å². The molecule has 1 N–H and O–H groups in total. The normalized spacial score (nSPS) is 17.4. The van der Waals surface area contributed by atoms with Gasteiger partial charge in [-0.3, -0.25) is 14.4 Å². The maximum Gasteiger partial charge on any atom is 0.236 e. The number of rotatable bonds is 4. The van der Waals surface area contributed by atoms with Crippen LogP contribution in [-0.2, 0) is 11.8 Å². The minimum atomic E-state index is 0.179. The topological polar surface area (TPSA) is 53.4 Å². The number of anilines is 1.